The van der Waals surface area contributed by atoms with Crippen molar-refractivity contribution in [2.75, 3.05) is 25.5 Å². The second-order valence-corrected chi connectivity index (χ2v) is 9.16. The number of para-hydroxylation sites is 1. The highest BCUT2D eigenvalue weighted by Crippen LogP contribution is 2.24. The van der Waals surface area contributed by atoms with Crippen LogP contribution in [0.1, 0.15) is 54.0 Å². The van der Waals surface area contributed by atoms with Gasteiger partial charge >= 0.3 is 5.97 Å². The Morgan fingerprint density at radius 1 is 1.03 bits per heavy atom. The SMILES string of the molecule is CC.COC(=O)Cc1ccccc1NC(=O)c1nc(-c2cccc(CN)c2)nn2c(CN3CCCC3)ccc12. The van der Waals surface area contributed by atoms with Crippen molar-refractivity contribution in [3.8, 4) is 11.4 Å². The quantitative estimate of drug-likeness (QED) is 0.325. The van der Waals surface area contributed by atoms with Crippen LogP contribution in [0.2, 0.25) is 0 Å². The summed E-state index contributed by atoms with van der Waals surface area (Å²) >= 11 is 0. The zero-order chi connectivity index (χ0) is 27.8. The molecule has 1 saturated heterocycles. The van der Waals surface area contributed by atoms with E-state index in [2.05, 4.69) is 10.2 Å². The number of hydrogen-bond donors (Lipinski definition) is 2. The fourth-order valence-electron chi connectivity index (χ4n) is 4.67. The van der Waals surface area contributed by atoms with Crippen molar-refractivity contribution in [1.29, 1.82) is 0 Å². The molecule has 0 bridgehead atoms. The normalized spacial score (nSPS) is 13.1. The highest BCUT2D eigenvalue weighted by molar-refractivity contribution is 6.08. The molecule has 9 nitrogen and oxygen atoms in total. The van der Waals surface area contributed by atoms with E-state index in [1.54, 1.807) is 18.2 Å². The minimum Gasteiger partial charge on any atom is -0.469 e. The summed E-state index contributed by atoms with van der Waals surface area (Å²) in [6.45, 7) is 7.24. The first-order valence-electron chi connectivity index (χ1n) is 13.4. The summed E-state index contributed by atoms with van der Waals surface area (Å²) in [6.07, 6.45) is 2.43. The van der Waals surface area contributed by atoms with Crippen molar-refractivity contribution in [2.24, 2.45) is 5.73 Å². The molecule has 1 aliphatic rings. The number of ether oxygens (including phenoxy) is 1. The first-order chi connectivity index (χ1) is 19.1. The number of hydrogen-bond acceptors (Lipinski definition) is 7. The summed E-state index contributed by atoms with van der Waals surface area (Å²) in [5.74, 6) is -0.326. The zero-order valence-electron chi connectivity index (χ0n) is 22.8. The largest absolute Gasteiger partial charge is 0.469 e. The van der Waals surface area contributed by atoms with E-state index in [1.807, 2.05) is 60.8 Å². The molecular formula is C30H36N6O3. The van der Waals surface area contributed by atoms with E-state index < -0.39 is 0 Å². The molecule has 0 saturated carbocycles. The molecule has 204 valence electrons. The molecule has 4 aromatic rings. The average Bonchev–Trinajstić information content (AvgIpc) is 3.65. The van der Waals surface area contributed by atoms with Crippen LogP contribution in [0.25, 0.3) is 16.9 Å². The lowest BCUT2D eigenvalue weighted by Gasteiger charge is -2.15. The Labute approximate surface area is 229 Å². The van der Waals surface area contributed by atoms with Crippen molar-refractivity contribution in [3.05, 3.63) is 83.2 Å². The van der Waals surface area contributed by atoms with E-state index in [4.69, 9.17) is 20.6 Å². The van der Waals surface area contributed by atoms with E-state index in [-0.39, 0.29) is 24.0 Å². The monoisotopic (exact) mass is 528 g/mol. The van der Waals surface area contributed by atoms with Crippen LogP contribution < -0.4 is 11.1 Å². The predicted octanol–water partition coefficient (Wildman–Crippen LogP) is 4.44. The van der Waals surface area contributed by atoms with Crippen LogP contribution in [0.5, 0.6) is 0 Å². The predicted molar refractivity (Wildman–Crippen MR) is 152 cm³/mol. The van der Waals surface area contributed by atoms with Gasteiger partial charge in [-0.2, -0.15) is 0 Å². The maximum Gasteiger partial charge on any atom is 0.310 e. The first-order valence-corrected chi connectivity index (χ1v) is 13.4. The third-order valence-corrected chi connectivity index (χ3v) is 6.64. The molecule has 39 heavy (non-hydrogen) atoms. The number of aromatic nitrogens is 3. The van der Waals surface area contributed by atoms with E-state index >= 15 is 0 Å². The molecular weight excluding hydrogens is 492 g/mol. The molecule has 1 amide bonds. The summed E-state index contributed by atoms with van der Waals surface area (Å²) in [7, 11) is 1.34. The summed E-state index contributed by atoms with van der Waals surface area (Å²) in [4.78, 5) is 32.6. The van der Waals surface area contributed by atoms with Crippen LogP contribution in [0.3, 0.4) is 0 Å². The Hall–Kier alpha value is -4.08. The maximum atomic E-state index is 13.6. The Balaban J connectivity index is 0.00000172. The van der Waals surface area contributed by atoms with Crippen molar-refractivity contribution >= 4 is 23.1 Å². The topological polar surface area (TPSA) is 115 Å². The minimum atomic E-state index is -0.383. The molecule has 0 unspecified atom stereocenters. The third kappa shape index (κ3) is 6.50. The Kier molecular flexibility index (Phi) is 9.40. The molecule has 0 radical (unpaired) electrons. The number of fused-ring (bicyclic) bond motifs is 1. The van der Waals surface area contributed by atoms with Gasteiger partial charge in [0.15, 0.2) is 11.5 Å². The van der Waals surface area contributed by atoms with Gasteiger partial charge in [0.25, 0.3) is 5.91 Å². The zero-order valence-corrected chi connectivity index (χ0v) is 22.8. The number of likely N-dealkylation sites (tertiary alicyclic amines) is 1. The van der Waals surface area contributed by atoms with Gasteiger partial charge in [-0.1, -0.05) is 50.2 Å². The molecule has 3 N–H and O–H groups in total. The number of carbonyl (C=O) groups excluding carboxylic acids is 2. The number of rotatable bonds is 8. The highest BCUT2D eigenvalue weighted by atomic mass is 16.5. The molecule has 0 spiro atoms. The number of nitrogens with one attached hydrogen (secondary N) is 1. The van der Waals surface area contributed by atoms with Gasteiger partial charge in [0, 0.05) is 24.3 Å². The van der Waals surface area contributed by atoms with E-state index in [0.717, 1.165) is 36.5 Å². The van der Waals surface area contributed by atoms with E-state index in [9.17, 15) is 9.59 Å². The number of methoxy groups -OCH3 is 1. The van der Waals surface area contributed by atoms with Crippen molar-refractivity contribution < 1.29 is 14.3 Å². The third-order valence-electron chi connectivity index (χ3n) is 6.64. The van der Waals surface area contributed by atoms with Gasteiger partial charge in [0.05, 0.1) is 24.7 Å². The molecule has 2 aromatic heterocycles. The first kappa shape index (κ1) is 27.9. The minimum absolute atomic E-state index is 0.0500. The number of anilines is 1. The van der Waals surface area contributed by atoms with Gasteiger partial charge in [-0.25, -0.2) is 9.50 Å². The smallest absolute Gasteiger partial charge is 0.310 e. The van der Waals surface area contributed by atoms with Crippen LogP contribution in [0.4, 0.5) is 5.69 Å². The highest BCUT2D eigenvalue weighted by Gasteiger charge is 2.21. The Bertz CT molecular complexity index is 1440. The van der Waals surface area contributed by atoms with E-state index in [1.165, 1.54) is 20.0 Å². The molecule has 0 aliphatic carbocycles. The van der Waals surface area contributed by atoms with Gasteiger partial charge in [-0.3, -0.25) is 14.5 Å². The summed E-state index contributed by atoms with van der Waals surface area (Å²) in [6, 6.07) is 18.8. The Morgan fingerprint density at radius 3 is 2.54 bits per heavy atom. The number of nitrogens with two attached hydrogens (primary N) is 1. The number of benzene rings is 2. The lowest BCUT2D eigenvalue weighted by atomic mass is 10.1. The van der Waals surface area contributed by atoms with Crippen molar-refractivity contribution in [1.82, 2.24) is 19.5 Å². The van der Waals surface area contributed by atoms with Gasteiger partial charge < -0.3 is 15.8 Å². The second-order valence-electron chi connectivity index (χ2n) is 9.16. The van der Waals surface area contributed by atoms with Crippen molar-refractivity contribution in [3.63, 3.8) is 0 Å². The average molecular weight is 529 g/mol. The number of esters is 1. The number of amides is 1. The van der Waals surface area contributed by atoms with Gasteiger partial charge in [0.1, 0.15) is 0 Å². The summed E-state index contributed by atoms with van der Waals surface area (Å²) in [5, 5.41) is 7.79. The van der Waals surface area contributed by atoms with Gasteiger partial charge in [-0.05, 0) is 61.3 Å². The second kappa shape index (κ2) is 13.1. The van der Waals surface area contributed by atoms with Crippen LogP contribution in [0, 0.1) is 0 Å². The lowest BCUT2D eigenvalue weighted by molar-refractivity contribution is -0.139. The van der Waals surface area contributed by atoms with Crippen LogP contribution >= 0.6 is 0 Å². The summed E-state index contributed by atoms with van der Waals surface area (Å²) < 4.78 is 6.63. The molecule has 3 heterocycles. The standard InChI is InChI=1S/C28H30N6O3.C2H6/c1-37-25(35)16-20-8-2-3-10-23(20)30-28(36)26-24-12-11-22(18-33-13-4-5-14-33)34(24)32-27(31-26)21-9-6-7-19(15-21)17-29;1-2/h2-3,6-12,15H,4-5,13-14,16-18,29H2,1H3,(H,30,36);1-2H3. The van der Waals surface area contributed by atoms with Gasteiger partial charge in [0.2, 0.25) is 0 Å². The number of nitrogens with zero attached hydrogens (tertiary/aromatic N) is 4. The molecule has 9 heteroatoms. The van der Waals surface area contributed by atoms with Crippen LogP contribution in [0.15, 0.2) is 60.7 Å². The number of carbonyl (C=O) groups is 2. The maximum absolute atomic E-state index is 13.6. The fraction of sp³-hybridized carbons (Fsp3) is 0.333. The lowest BCUT2D eigenvalue weighted by Crippen LogP contribution is -2.21. The molecule has 5 rings (SSSR count). The van der Waals surface area contributed by atoms with Gasteiger partial charge in [-0.15, -0.1) is 5.10 Å². The summed E-state index contributed by atoms with van der Waals surface area (Å²) in [5.41, 5.74) is 10.7. The molecule has 2 aromatic carbocycles. The fourth-order valence-corrected chi connectivity index (χ4v) is 4.67. The molecule has 1 fully saturated rings. The van der Waals surface area contributed by atoms with E-state index in [0.29, 0.717) is 29.1 Å². The van der Waals surface area contributed by atoms with Crippen LogP contribution in [-0.2, 0) is 29.0 Å². The van der Waals surface area contributed by atoms with Crippen LogP contribution in [-0.4, -0.2) is 51.6 Å². The van der Waals surface area contributed by atoms with Crippen molar-refractivity contribution in [2.45, 2.75) is 46.2 Å². The molecule has 0 atom stereocenters. The Morgan fingerprint density at radius 2 is 1.79 bits per heavy atom. The molecule has 1 aliphatic heterocycles.